The lowest BCUT2D eigenvalue weighted by atomic mass is 9.86. The molecule has 2 heterocycles. The molecule has 0 saturated carbocycles. The van der Waals surface area contributed by atoms with Gasteiger partial charge in [-0.1, -0.05) is 42.5 Å². The van der Waals surface area contributed by atoms with E-state index in [9.17, 15) is 19.4 Å². The Bertz CT molecular complexity index is 892. The van der Waals surface area contributed by atoms with Crippen LogP contribution in [0.25, 0.3) is 0 Å². The van der Waals surface area contributed by atoms with E-state index in [0.717, 1.165) is 37.1 Å². The summed E-state index contributed by atoms with van der Waals surface area (Å²) in [6.45, 7) is 2.51. The molecule has 0 spiro atoms. The van der Waals surface area contributed by atoms with Crippen molar-refractivity contribution in [3.05, 3.63) is 71.5 Å². The van der Waals surface area contributed by atoms with Gasteiger partial charge in [-0.2, -0.15) is 0 Å². The number of hydrogen-bond acceptors (Lipinski definition) is 5. The van der Waals surface area contributed by atoms with Gasteiger partial charge in [0.05, 0.1) is 5.60 Å². The molecule has 1 atom stereocenters. The summed E-state index contributed by atoms with van der Waals surface area (Å²) >= 11 is 0. The first-order chi connectivity index (χ1) is 15.9. The SMILES string of the molecule is O=C(OCc1ccccc1)N1CCC(O)(CC(O)N2CCC(c3ccc(F)cc3)CC2)CC1. The van der Waals surface area contributed by atoms with Crippen molar-refractivity contribution in [2.45, 2.75) is 56.5 Å². The van der Waals surface area contributed by atoms with Gasteiger partial charge in [0.2, 0.25) is 0 Å². The van der Waals surface area contributed by atoms with Crippen molar-refractivity contribution >= 4 is 6.09 Å². The van der Waals surface area contributed by atoms with Gasteiger partial charge < -0.3 is 19.8 Å². The topological polar surface area (TPSA) is 73.2 Å². The van der Waals surface area contributed by atoms with Gasteiger partial charge in [-0.25, -0.2) is 9.18 Å². The Morgan fingerprint density at radius 2 is 1.67 bits per heavy atom. The first-order valence-corrected chi connectivity index (χ1v) is 11.8. The maximum atomic E-state index is 13.2. The first kappa shape index (κ1) is 23.7. The maximum absolute atomic E-state index is 13.2. The zero-order valence-electron chi connectivity index (χ0n) is 18.9. The molecule has 2 aromatic rings. The monoisotopic (exact) mass is 456 g/mol. The number of aliphatic hydroxyl groups is 2. The Morgan fingerprint density at radius 3 is 2.30 bits per heavy atom. The van der Waals surface area contributed by atoms with Gasteiger partial charge >= 0.3 is 6.09 Å². The van der Waals surface area contributed by atoms with Crippen molar-refractivity contribution < 1.29 is 24.1 Å². The van der Waals surface area contributed by atoms with E-state index in [-0.39, 0.29) is 24.9 Å². The zero-order valence-corrected chi connectivity index (χ0v) is 18.9. The largest absolute Gasteiger partial charge is 0.445 e. The van der Waals surface area contributed by atoms with Gasteiger partial charge in [0.15, 0.2) is 0 Å². The van der Waals surface area contributed by atoms with Crippen LogP contribution >= 0.6 is 0 Å². The highest BCUT2D eigenvalue weighted by atomic mass is 19.1. The second-order valence-corrected chi connectivity index (χ2v) is 9.30. The number of nitrogens with zero attached hydrogens (tertiary/aromatic N) is 2. The minimum absolute atomic E-state index is 0.227. The molecule has 178 valence electrons. The summed E-state index contributed by atoms with van der Waals surface area (Å²) in [5.41, 5.74) is 1.07. The normalized spacial score (nSPS) is 20.4. The minimum atomic E-state index is -0.997. The molecule has 0 aromatic heterocycles. The molecular formula is C26H33FN2O4. The second-order valence-electron chi connectivity index (χ2n) is 9.30. The van der Waals surface area contributed by atoms with Crippen LogP contribution in [0.1, 0.15) is 49.1 Å². The number of aliphatic hydroxyl groups excluding tert-OH is 1. The van der Waals surface area contributed by atoms with E-state index in [4.69, 9.17) is 4.74 Å². The molecule has 2 fully saturated rings. The number of likely N-dealkylation sites (tertiary alicyclic amines) is 2. The average molecular weight is 457 g/mol. The van der Waals surface area contributed by atoms with Crippen LogP contribution < -0.4 is 0 Å². The highest BCUT2D eigenvalue weighted by Crippen LogP contribution is 2.32. The third-order valence-electron chi connectivity index (χ3n) is 7.01. The van der Waals surface area contributed by atoms with Gasteiger partial charge in [-0.05, 0) is 54.9 Å². The summed E-state index contributed by atoms with van der Waals surface area (Å²) in [6, 6.07) is 16.2. The number of hydrogen-bond donors (Lipinski definition) is 2. The van der Waals surface area contributed by atoms with Gasteiger partial charge in [0.1, 0.15) is 18.7 Å². The fourth-order valence-electron chi connectivity index (χ4n) is 4.85. The van der Waals surface area contributed by atoms with Crippen molar-refractivity contribution in [2.75, 3.05) is 26.2 Å². The Labute approximate surface area is 194 Å². The third-order valence-corrected chi connectivity index (χ3v) is 7.01. The lowest BCUT2D eigenvalue weighted by Crippen LogP contribution is -2.51. The predicted octanol–water partition coefficient (Wildman–Crippen LogP) is 3.88. The molecule has 33 heavy (non-hydrogen) atoms. The van der Waals surface area contributed by atoms with E-state index in [1.807, 2.05) is 47.4 Å². The molecule has 0 aliphatic carbocycles. The molecule has 1 amide bonds. The molecule has 2 N–H and O–H groups in total. The number of amides is 1. The molecular weight excluding hydrogens is 423 g/mol. The van der Waals surface area contributed by atoms with Crippen LogP contribution in [-0.4, -0.2) is 64.1 Å². The third kappa shape index (κ3) is 6.31. The Morgan fingerprint density at radius 1 is 1.03 bits per heavy atom. The van der Waals surface area contributed by atoms with Crippen LogP contribution in [0.15, 0.2) is 54.6 Å². The van der Waals surface area contributed by atoms with E-state index in [1.54, 1.807) is 4.90 Å². The summed E-state index contributed by atoms with van der Waals surface area (Å²) in [6.07, 6.45) is 1.78. The number of halogens is 1. The summed E-state index contributed by atoms with van der Waals surface area (Å²) in [5, 5.41) is 21.8. The van der Waals surface area contributed by atoms with Crippen molar-refractivity contribution in [1.82, 2.24) is 9.80 Å². The fraction of sp³-hybridized carbons (Fsp3) is 0.500. The Kier molecular flexibility index (Phi) is 7.63. The quantitative estimate of drug-likeness (QED) is 0.690. The summed E-state index contributed by atoms with van der Waals surface area (Å²) < 4.78 is 18.6. The summed E-state index contributed by atoms with van der Waals surface area (Å²) in [4.78, 5) is 16.0. The van der Waals surface area contributed by atoms with Gasteiger partial charge in [0.25, 0.3) is 0 Å². The Hall–Kier alpha value is -2.48. The highest BCUT2D eigenvalue weighted by Gasteiger charge is 2.38. The van der Waals surface area contributed by atoms with Crippen molar-refractivity contribution in [3.63, 3.8) is 0 Å². The van der Waals surface area contributed by atoms with Crippen LogP contribution in [0.3, 0.4) is 0 Å². The van der Waals surface area contributed by atoms with Crippen LogP contribution in [-0.2, 0) is 11.3 Å². The molecule has 2 aliphatic heterocycles. The molecule has 1 unspecified atom stereocenters. The number of ether oxygens (including phenoxy) is 1. The van der Waals surface area contributed by atoms with Gasteiger partial charge in [-0.15, -0.1) is 0 Å². The molecule has 2 aromatic carbocycles. The molecule has 6 nitrogen and oxygen atoms in total. The predicted molar refractivity (Wildman–Crippen MR) is 123 cm³/mol. The highest BCUT2D eigenvalue weighted by molar-refractivity contribution is 5.67. The number of piperidine rings is 2. The van der Waals surface area contributed by atoms with Crippen LogP contribution in [0.4, 0.5) is 9.18 Å². The number of benzene rings is 2. The molecule has 2 aliphatic rings. The van der Waals surface area contributed by atoms with E-state index >= 15 is 0 Å². The lowest BCUT2D eigenvalue weighted by Gasteiger charge is -2.42. The van der Waals surface area contributed by atoms with E-state index < -0.39 is 11.8 Å². The zero-order chi connectivity index (χ0) is 23.3. The van der Waals surface area contributed by atoms with E-state index in [2.05, 4.69) is 0 Å². The lowest BCUT2D eigenvalue weighted by molar-refractivity contribution is -0.0979. The Balaban J connectivity index is 1.20. The van der Waals surface area contributed by atoms with Crippen LogP contribution in [0.5, 0.6) is 0 Å². The van der Waals surface area contributed by atoms with E-state index in [1.165, 1.54) is 12.1 Å². The first-order valence-electron chi connectivity index (χ1n) is 11.8. The summed E-state index contributed by atoms with van der Waals surface area (Å²) in [5.74, 6) is 0.137. The smallest absolute Gasteiger partial charge is 0.410 e. The molecule has 0 radical (unpaired) electrons. The molecule has 4 rings (SSSR count). The molecule has 0 bridgehead atoms. The van der Waals surface area contributed by atoms with Crippen molar-refractivity contribution in [3.8, 4) is 0 Å². The maximum Gasteiger partial charge on any atom is 0.410 e. The fourth-order valence-corrected chi connectivity index (χ4v) is 4.85. The van der Waals surface area contributed by atoms with Crippen molar-refractivity contribution in [1.29, 1.82) is 0 Å². The standard InChI is InChI=1S/C26H33FN2O4/c27-23-8-6-21(7-9-23)22-10-14-28(15-11-22)24(30)18-26(32)12-16-29(17-13-26)25(31)33-19-20-4-2-1-3-5-20/h1-9,22,24,30,32H,10-19H2. The number of carbonyl (C=O) groups is 1. The number of carbonyl (C=O) groups excluding carboxylic acids is 1. The second kappa shape index (κ2) is 10.6. The molecule has 2 saturated heterocycles. The van der Waals surface area contributed by atoms with Crippen molar-refractivity contribution in [2.24, 2.45) is 0 Å². The number of rotatable bonds is 6. The van der Waals surface area contributed by atoms with Gasteiger partial charge in [-0.3, -0.25) is 4.90 Å². The van der Waals surface area contributed by atoms with Gasteiger partial charge in [0, 0.05) is 32.6 Å². The minimum Gasteiger partial charge on any atom is -0.445 e. The van der Waals surface area contributed by atoms with E-state index in [0.29, 0.717) is 31.8 Å². The van der Waals surface area contributed by atoms with Crippen LogP contribution in [0.2, 0.25) is 0 Å². The average Bonchev–Trinajstić information content (AvgIpc) is 2.84. The summed E-state index contributed by atoms with van der Waals surface area (Å²) in [7, 11) is 0. The molecule has 7 heteroatoms. The van der Waals surface area contributed by atoms with Crippen LogP contribution in [0, 0.1) is 5.82 Å².